The zero-order chi connectivity index (χ0) is 10.6. The van der Waals surface area contributed by atoms with Crippen molar-refractivity contribution >= 4 is 17.7 Å². The van der Waals surface area contributed by atoms with E-state index in [-0.39, 0.29) is 24.1 Å². The lowest BCUT2D eigenvalue weighted by Crippen LogP contribution is -2.22. The maximum atomic E-state index is 11.2. The Kier molecular flexibility index (Phi) is 3.00. The molecular weight excluding hydrogens is 190 g/mol. The molecule has 0 bridgehead atoms. The largest absolute Gasteiger partial charge is 0.461 e. The van der Waals surface area contributed by atoms with E-state index >= 15 is 0 Å². The summed E-state index contributed by atoms with van der Waals surface area (Å²) >= 11 is 0. The van der Waals surface area contributed by atoms with Crippen LogP contribution in [0.3, 0.4) is 0 Å². The molecular formula is C6H9N5O3. The number of nitrogens with zero attached hydrogens (tertiary/aromatic N) is 3. The lowest BCUT2D eigenvalue weighted by Gasteiger charge is -1.96. The number of esters is 1. The molecule has 0 fully saturated rings. The van der Waals surface area contributed by atoms with Gasteiger partial charge in [0.1, 0.15) is 0 Å². The van der Waals surface area contributed by atoms with E-state index < -0.39 is 5.97 Å². The van der Waals surface area contributed by atoms with Gasteiger partial charge in [-0.2, -0.15) is 4.99 Å². The summed E-state index contributed by atoms with van der Waals surface area (Å²) in [5, 5.41) is 6.63. The highest BCUT2D eigenvalue weighted by Crippen LogP contribution is 2.13. The van der Waals surface area contributed by atoms with Crippen molar-refractivity contribution in [2.75, 3.05) is 6.61 Å². The Bertz CT molecular complexity index is 354. The number of hydrogen-bond donors (Lipinski definition) is 2. The minimum Gasteiger partial charge on any atom is -0.461 e. The highest BCUT2D eigenvalue weighted by Gasteiger charge is 2.19. The fourth-order valence-electron chi connectivity index (χ4n) is 0.708. The van der Waals surface area contributed by atoms with Gasteiger partial charge in [-0.25, -0.2) is 9.42 Å². The van der Waals surface area contributed by atoms with Crippen molar-refractivity contribution in [2.24, 2.45) is 16.5 Å². The Balaban J connectivity index is 2.93. The van der Waals surface area contributed by atoms with Gasteiger partial charge >= 0.3 is 5.97 Å². The molecule has 0 saturated heterocycles. The zero-order valence-electron chi connectivity index (χ0n) is 7.43. The van der Waals surface area contributed by atoms with Crippen LogP contribution in [-0.4, -0.2) is 28.8 Å². The van der Waals surface area contributed by atoms with Gasteiger partial charge in [0.25, 0.3) is 0 Å². The molecule has 1 rings (SSSR count). The van der Waals surface area contributed by atoms with Crippen molar-refractivity contribution in [2.45, 2.75) is 6.92 Å². The van der Waals surface area contributed by atoms with E-state index in [1.807, 2.05) is 0 Å². The zero-order valence-corrected chi connectivity index (χ0v) is 7.43. The van der Waals surface area contributed by atoms with Crippen molar-refractivity contribution in [1.82, 2.24) is 10.3 Å². The summed E-state index contributed by atoms with van der Waals surface area (Å²) in [6.07, 6.45) is 0. The van der Waals surface area contributed by atoms with Crippen LogP contribution in [0.15, 0.2) is 9.62 Å². The number of nitrogens with two attached hydrogens (primary N) is 2. The van der Waals surface area contributed by atoms with Gasteiger partial charge in [-0.3, -0.25) is 0 Å². The van der Waals surface area contributed by atoms with Gasteiger partial charge in [0, 0.05) is 0 Å². The molecule has 76 valence electrons. The average molecular weight is 199 g/mol. The number of rotatable bonds is 3. The van der Waals surface area contributed by atoms with E-state index in [1.165, 1.54) is 0 Å². The first-order valence-electron chi connectivity index (χ1n) is 3.74. The Morgan fingerprint density at radius 2 is 2.29 bits per heavy atom. The molecule has 0 radical (unpaired) electrons. The molecule has 8 heteroatoms. The fourth-order valence-corrected chi connectivity index (χ4v) is 0.708. The minimum atomic E-state index is -0.686. The summed E-state index contributed by atoms with van der Waals surface area (Å²) in [6, 6.07) is 0. The summed E-state index contributed by atoms with van der Waals surface area (Å²) < 4.78 is 8.95. The summed E-state index contributed by atoms with van der Waals surface area (Å²) in [5.41, 5.74) is 10.0. The van der Waals surface area contributed by atoms with Crippen LogP contribution in [0.2, 0.25) is 0 Å². The van der Waals surface area contributed by atoms with Gasteiger partial charge in [-0.05, 0) is 17.2 Å². The quantitative estimate of drug-likeness (QED) is 0.368. The number of carbonyl (C=O) groups excluding carboxylic acids is 1. The molecule has 1 aromatic rings. The van der Waals surface area contributed by atoms with Gasteiger partial charge in [-0.1, -0.05) is 0 Å². The lowest BCUT2D eigenvalue weighted by molar-refractivity contribution is 0.0514. The second-order valence-electron chi connectivity index (χ2n) is 2.19. The average Bonchev–Trinajstić information content (AvgIpc) is 2.51. The third-order valence-electron chi connectivity index (χ3n) is 1.17. The molecule has 0 amide bonds. The van der Waals surface area contributed by atoms with Crippen molar-refractivity contribution < 1.29 is 14.2 Å². The minimum absolute atomic E-state index is 0.0940. The summed E-state index contributed by atoms with van der Waals surface area (Å²) in [6.45, 7) is 1.87. The van der Waals surface area contributed by atoms with E-state index in [0.717, 1.165) is 0 Å². The van der Waals surface area contributed by atoms with Crippen LogP contribution in [0.25, 0.3) is 0 Å². The molecule has 4 N–H and O–H groups in total. The third-order valence-corrected chi connectivity index (χ3v) is 1.17. The van der Waals surface area contributed by atoms with Crippen LogP contribution < -0.4 is 11.5 Å². The Morgan fingerprint density at radius 1 is 1.57 bits per heavy atom. The van der Waals surface area contributed by atoms with Crippen molar-refractivity contribution in [3.63, 3.8) is 0 Å². The molecule has 0 spiro atoms. The van der Waals surface area contributed by atoms with E-state index in [0.29, 0.717) is 0 Å². The second kappa shape index (κ2) is 4.21. The van der Waals surface area contributed by atoms with Crippen LogP contribution in [0.1, 0.15) is 17.4 Å². The van der Waals surface area contributed by atoms with E-state index in [2.05, 4.69) is 24.7 Å². The van der Waals surface area contributed by atoms with Crippen molar-refractivity contribution in [3.8, 4) is 0 Å². The van der Waals surface area contributed by atoms with E-state index in [9.17, 15) is 4.79 Å². The SMILES string of the molecule is CCOC(=O)c1nonc1N=C(N)N. The highest BCUT2D eigenvalue weighted by molar-refractivity contribution is 5.92. The molecule has 0 atom stereocenters. The van der Waals surface area contributed by atoms with Gasteiger partial charge in [0.2, 0.25) is 11.5 Å². The summed E-state index contributed by atoms with van der Waals surface area (Å²) in [4.78, 5) is 14.7. The Labute approximate surface area is 78.9 Å². The van der Waals surface area contributed by atoms with Gasteiger partial charge in [-0.15, -0.1) is 0 Å². The molecule has 1 aromatic heterocycles. The number of hydrogen-bond acceptors (Lipinski definition) is 6. The molecule has 0 aromatic carbocycles. The number of guanidine groups is 1. The molecule has 0 unspecified atom stereocenters. The van der Waals surface area contributed by atoms with Crippen LogP contribution in [0.4, 0.5) is 5.82 Å². The highest BCUT2D eigenvalue weighted by atomic mass is 16.6. The first kappa shape index (κ1) is 9.96. The van der Waals surface area contributed by atoms with Crippen LogP contribution in [0.5, 0.6) is 0 Å². The lowest BCUT2D eigenvalue weighted by atomic mass is 10.4. The molecule has 0 saturated carbocycles. The monoisotopic (exact) mass is 199 g/mol. The maximum Gasteiger partial charge on any atom is 0.364 e. The van der Waals surface area contributed by atoms with Crippen LogP contribution in [0, 0.1) is 0 Å². The fraction of sp³-hybridized carbons (Fsp3) is 0.333. The molecule has 0 aliphatic heterocycles. The smallest absolute Gasteiger partial charge is 0.364 e. The van der Waals surface area contributed by atoms with Gasteiger partial charge in [0.15, 0.2) is 5.96 Å². The summed E-state index contributed by atoms with van der Waals surface area (Å²) in [7, 11) is 0. The van der Waals surface area contributed by atoms with E-state index in [1.54, 1.807) is 6.92 Å². The normalized spacial score (nSPS) is 9.50. The topological polar surface area (TPSA) is 130 Å². The summed E-state index contributed by atoms with van der Waals surface area (Å²) in [5.74, 6) is -1.02. The molecule has 14 heavy (non-hydrogen) atoms. The number of carbonyl (C=O) groups is 1. The predicted molar refractivity (Wildman–Crippen MR) is 45.7 cm³/mol. The number of aromatic nitrogens is 2. The Hall–Kier alpha value is -2.12. The van der Waals surface area contributed by atoms with Crippen molar-refractivity contribution in [1.29, 1.82) is 0 Å². The van der Waals surface area contributed by atoms with Gasteiger partial charge in [0.05, 0.1) is 6.61 Å². The van der Waals surface area contributed by atoms with Crippen molar-refractivity contribution in [3.05, 3.63) is 5.69 Å². The maximum absolute atomic E-state index is 11.2. The number of ether oxygens (including phenoxy) is 1. The van der Waals surface area contributed by atoms with Gasteiger partial charge < -0.3 is 16.2 Å². The first-order chi connectivity index (χ1) is 6.65. The van der Waals surface area contributed by atoms with Crippen LogP contribution >= 0.6 is 0 Å². The molecule has 1 heterocycles. The standard InChI is InChI=1S/C6H9N5O3/c1-2-13-5(12)3-4(9-6(7)8)11-14-10-3/h2H2,1H3,(H4,7,8,9,11). The number of aliphatic imine (C=N–C) groups is 1. The second-order valence-corrected chi connectivity index (χ2v) is 2.19. The molecule has 0 aliphatic carbocycles. The van der Waals surface area contributed by atoms with Crippen LogP contribution in [-0.2, 0) is 4.74 Å². The predicted octanol–water partition coefficient (Wildman–Crippen LogP) is -0.849. The van der Waals surface area contributed by atoms with E-state index in [4.69, 9.17) is 11.5 Å². The molecule has 0 aliphatic rings. The first-order valence-corrected chi connectivity index (χ1v) is 3.74. The molecule has 8 nitrogen and oxygen atoms in total. The Morgan fingerprint density at radius 3 is 2.86 bits per heavy atom. The third kappa shape index (κ3) is 2.19.